The first-order valence-corrected chi connectivity index (χ1v) is 5.57. The summed E-state index contributed by atoms with van der Waals surface area (Å²) in [7, 11) is 0. The van der Waals surface area contributed by atoms with Gasteiger partial charge in [0.15, 0.2) is 10.8 Å². The highest BCUT2D eigenvalue weighted by atomic mass is 79.9. The Labute approximate surface area is 84.1 Å². The molecule has 0 fully saturated rings. The fraction of sp³-hybridized carbons (Fsp3) is 0.500. The van der Waals surface area contributed by atoms with Gasteiger partial charge in [0.25, 0.3) is 0 Å². The molecule has 4 heteroatoms. The first-order chi connectivity index (χ1) is 5.65. The molecular formula is C8H10BrNOS. The van der Waals surface area contributed by atoms with Crippen LogP contribution in [0, 0.1) is 0 Å². The number of ketones is 1. The van der Waals surface area contributed by atoms with Gasteiger partial charge in [-0.2, -0.15) is 0 Å². The average molecular weight is 248 g/mol. The predicted octanol–water partition coefficient (Wildman–Crippen LogP) is 3.19. The summed E-state index contributed by atoms with van der Waals surface area (Å²) in [6, 6.07) is 0. The molecule has 0 bridgehead atoms. The van der Waals surface area contributed by atoms with Crippen molar-refractivity contribution in [2.24, 2.45) is 0 Å². The summed E-state index contributed by atoms with van der Waals surface area (Å²) < 4.78 is 0. The zero-order valence-electron chi connectivity index (χ0n) is 7.00. The van der Waals surface area contributed by atoms with E-state index in [1.807, 2.05) is 19.2 Å². The lowest BCUT2D eigenvalue weighted by Gasteiger charge is -1.94. The molecule has 0 aliphatic carbocycles. The maximum Gasteiger partial charge on any atom is 0.191 e. The van der Waals surface area contributed by atoms with E-state index in [9.17, 15) is 4.79 Å². The Morgan fingerprint density at radius 3 is 2.92 bits per heavy atom. The van der Waals surface area contributed by atoms with Crippen LogP contribution in [0.25, 0.3) is 0 Å². The first-order valence-electron chi connectivity index (χ1n) is 3.77. The second kappa shape index (κ2) is 4.14. The van der Waals surface area contributed by atoms with E-state index in [1.54, 1.807) is 0 Å². The van der Waals surface area contributed by atoms with Crippen LogP contribution in [0.5, 0.6) is 0 Å². The molecule has 0 N–H and O–H groups in total. The minimum Gasteiger partial charge on any atom is -0.292 e. The van der Waals surface area contributed by atoms with Crippen molar-refractivity contribution in [1.29, 1.82) is 0 Å². The third-order valence-electron chi connectivity index (χ3n) is 1.49. The van der Waals surface area contributed by atoms with Crippen LogP contribution in [0.15, 0.2) is 5.38 Å². The number of halogens is 1. The lowest BCUT2D eigenvalue weighted by atomic mass is 10.3. The average Bonchev–Trinajstić information content (AvgIpc) is 2.51. The maximum absolute atomic E-state index is 11.2. The lowest BCUT2D eigenvalue weighted by Crippen LogP contribution is -1.95. The summed E-state index contributed by atoms with van der Waals surface area (Å²) >= 11 is 4.82. The normalized spacial score (nSPS) is 12.9. The molecule has 0 aromatic carbocycles. The van der Waals surface area contributed by atoms with Crippen molar-refractivity contribution in [3.63, 3.8) is 0 Å². The number of thiazole rings is 1. The molecule has 1 heterocycles. The summed E-state index contributed by atoms with van der Waals surface area (Å²) in [5.74, 6) is 0.124. The van der Waals surface area contributed by atoms with Crippen molar-refractivity contribution in [3.05, 3.63) is 16.1 Å². The van der Waals surface area contributed by atoms with Gasteiger partial charge in [-0.05, 0) is 6.92 Å². The quantitative estimate of drug-likeness (QED) is 0.607. The highest BCUT2D eigenvalue weighted by Crippen LogP contribution is 2.23. The standard InChI is InChI=1S/C8H10BrNOS/c1-3-7(11)8-10-6(4-12-8)5(2)9/h4-5H,3H2,1-2H3. The second-order valence-electron chi connectivity index (χ2n) is 2.47. The topological polar surface area (TPSA) is 30.0 Å². The van der Waals surface area contributed by atoms with Gasteiger partial charge < -0.3 is 0 Å². The zero-order valence-corrected chi connectivity index (χ0v) is 9.41. The number of Topliss-reactive ketones (excluding diaryl/α,β-unsaturated/α-hetero) is 1. The fourth-order valence-electron chi connectivity index (χ4n) is 0.748. The number of nitrogens with zero attached hydrogens (tertiary/aromatic N) is 1. The SMILES string of the molecule is CCC(=O)c1nc(C(C)Br)cs1. The van der Waals surface area contributed by atoms with Gasteiger partial charge in [-0.15, -0.1) is 11.3 Å². The molecule has 0 aliphatic rings. The van der Waals surface area contributed by atoms with Gasteiger partial charge in [0.05, 0.1) is 10.5 Å². The van der Waals surface area contributed by atoms with E-state index in [-0.39, 0.29) is 10.6 Å². The lowest BCUT2D eigenvalue weighted by molar-refractivity contribution is 0.0987. The van der Waals surface area contributed by atoms with E-state index in [0.717, 1.165) is 5.69 Å². The van der Waals surface area contributed by atoms with Crippen LogP contribution in [0.4, 0.5) is 0 Å². The number of alkyl halides is 1. The third-order valence-corrected chi connectivity index (χ3v) is 2.86. The van der Waals surface area contributed by atoms with Crippen LogP contribution in [0.3, 0.4) is 0 Å². The van der Waals surface area contributed by atoms with Crippen LogP contribution in [-0.4, -0.2) is 10.8 Å². The fourth-order valence-corrected chi connectivity index (χ4v) is 2.08. The Kier molecular flexibility index (Phi) is 3.40. The highest BCUT2D eigenvalue weighted by Gasteiger charge is 2.10. The molecule has 1 aromatic heterocycles. The van der Waals surface area contributed by atoms with Crippen molar-refractivity contribution in [2.45, 2.75) is 25.1 Å². The summed E-state index contributed by atoms with van der Waals surface area (Å²) in [6.07, 6.45) is 0.531. The molecule has 0 aliphatic heterocycles. The Balaban J connectivity index is 2.84. The summed E-state index contributed by atoms with van der Waals surface area (Å²) in [5.41, 5.74) is 0.941. The summed E-state index contributed by atoms with van der Waals surface area (Å²) in [6.45, 7) is 3.84. The number of hydrogen-bond acceptors (Lipinski definition) is 3. The van der Waals surface area contributed by atoms with Gasteiger partial charge in [0.2, 0.25) is 0 Å². The number of rotatable bonds is 3. The Hall–Kier alpha value is -0.220. The van der Waals surface area contributed by atoms with E-state index < -0.39 is 0 Å². The van der Waals surface area contributed by atoms with Gasteiger partial charge in [0, 0.05) is 11.8 Å². The number of hydrogen-bond donors (Lipinski definition) is 0. The van der Waals surface area contributed by atoms with Gasteiger partial charge in [0.1, 0.15) is 0 Å². The van der Waals surface area contributed by atoms with Gasteiger partial charge in [-0.25, -0.2) is 4.98 Å². The molecule has 1 aromatic rings. The van der Waals surface area contributed by atoms with E-state index in [4.69, 9.17) is 0 Å². The van der Waals surface area contributed by atoms with Gasteiger partial charge in [-0.3, -0.25) is 4.79 Å². The Morgan fingerprint density at radius 1 is 1.83 bits per heavy atom. The molecule has 1 unspecified atom stereocenters. The predicted molar refractivity (Wildman–Crippen MR) is 54.1 cm³/mol. The van der Waals surface area contributed by atoms with E-state index in [0.29, 0.717) is 11.4 Å². The van der Waals surface area contributed by atoms with Crippen molar-refractivity contribution in [1.82, 2.24) is 4.98 Å². The zero-order chi connectivity index (χ0) is 9.14. The molecule has 0 radical (unpaired) electrons. The second-order valence-corrected chi connectivity index (χ2v) is 4.70. The minimum atomic E-state index is 0.124. The first kappa shape index (κ1) is 9.86. The number of carbonyl (C=O) groups is 1. The highest BCUT2D eigenvalue weighted by molar-refractivity contribution is 9.09. The Bertz CT molecular complexity index is 282. The van der Waals surface area contributed by atoms with Crippen molar-refractivity contribution < 1.29 is 4.79 Å². The molecule has 12 heavy (non-hydrogen) atoms. The van der Waals surface area contributed by atoms with Crippen LogP contribution in [0.1, 0.15) is 40.6 Å². The maximum atomic E-state index is 11.2. The molecule has 0 amide bonds. The minimum absolute atomic E-state index is 0.124. The third kappa shape index (κ3) is 2.14. The van der Waals surface area contributed by atoms with Gasteiger partial charge in [-0.1, -0.05) is 22.9 Å². The van der Waals surface area contributed by atoms with Crippen LogP contribution < -0.4 is 0 Å². The van der Waals surface area contributed by atoms with E-state index in [2.05, 4.69) is 20.9 Å². The summed E-state index contributed by atoms with van der Waals surface area (Å²) in [5, 5.41) is 2.54. The smallest absolute Gasteiger partial charge is 0.191 e. The van der Waals surface area contributed by atoms with Crippen LogP contribution in [-0.2, 0) is 0 Å². The van der Waals surface area contributed by atoms with Crippen LogP contribution in [0.2, 0.25) is 0 Å². The summed E-state index contributed by atoms with van der Waals surface area (Å²) in [4.78, 5) is 15.6. The Morgan fingerprint density at radius 2 is 2.50 bits per heavy atom. The van der Waals surface area contributed by atoms with Crippen LogP contribution >= 0.6 is 27.3 Å². The van der Waals surface area contributed by atoms with Gasteiger partial charge >= 0.3 is 0 Å². The molecule has 0 spiro atoms. The largest absolute Gasteiger partial charge is 0.292 e. The molecule has 2 nitrogen and oxygen atoms in total. The number of aromatic nitrogens is 1. The number of carbonyl (C=O) groups excluding carboxylic acids is 1. The van der Waals surface area contributed by atoms with Crippen molar-refractivity contribution >= 4 is 33.0 Å². The van der Waals surface area contributed by atoms with Crippen molar-refractivity contribution in [2.75, 3.05) is 0 Å². The molecule has 1 rings (SSSR count). The molecule has 0 saturated heterocycles. The molecule has 0 saturated carbocycles. The van der Waals surface area contributed by atoms with Crippen molar-refractivity contribution in [3.8, 4) is 0 Å². The van der Waals surface area contributed by atoms with E-state index in [1.165, 1.54) is 11.3 Å². The molecular weight excluding hydrogens is 238 g/mol. The molecule has 1 atom stereocenters. The molecule has 66 valence electrons. The van der Waals surface area contributed by atoms with E-state index >= 15 is 0 Å². The monoisotopic (exact) mass is 247 g/mol.